The molecular formula is C18H23N5O2. The maximum absolute atomic E-state index is 12.4. The van der Waals surface area contributed by atoms with Crippen molar-refractivity contribution in [2.45, 2.75) is 32.3 Å². The number of aliphatic hydroxyl groups is 1. The first-order chi connectivity index (χ1) is 12.0. The molecule has 2 aromatic rings. The fourth-order valence-corrected chi connectivity index (χ4v) is 3.13. The van der Waals surface area contributed by atoms with E-state index in [1.807, 2.05) is 17.9 Å². The number of nitrogens with one attached hydrogen (secondary N) is 1. The molecule has 0 aromatic carbocycles. The number of hydrogen-bond acceptors (Lipinski definition) is 6. The van der Waals surface area contributed by atoms with Crippen molar-refractivity contribution in [1.29, 1.82) is 0 Å². The van der Waals surface area contributed by atoms with Gasteiger partial charge in [-0.25, -0.2) is 9.97 Å². The molecule has 3 rings (SSSR count). The number of aromatic nitrogens is 3. The molecule has 0 unspecified atom stereocenters. The Hall–Kier alpha value is -2.54. The van der Waals surface area contributed by atoms with Crippen molar-refractivity contribution in [3.05, 3.63) is 47.7 Å². The number of β-amino-alcohol motifs (C(OH)–C–C–N with tert-alkyl or cyclic N) is 1. The van der Waals surface area contributed by atoms with E-state index in [9.17, 15) is 9.90 Å². The Morgan fingerprint density at radius 3 is 2.96 bits per heavy atom. The Morgan fingerprint density at radius 1 is 1.36 bits per heavy atom. The normalized spacial score (nSPS) is 20.4. The van der Waals surface area contributed by atoms with Crippen LogP contribution in [0.1, 0.15) is 34.6 Å². The van der Waals surface area contributed by atoms with Crippen molar-refractivity contribution in [2.24, 2.45) is 0 Å². The summed E-state index contributed by atoms with van der Waals surface area (Å²) in [5.41, 5.74) is 1.11. The second-order valence-electron chi connectivity index (χ2n) is 6.59. The third-order valence-corrected chi connectivity index (χ3v) is 4.50. The first kappa shape index (κ1) is 17.3. The van der Waals surface area contributed by atoms with Gasteiger partial charge in [0.25, 0.3) is 5.91 Å². The van der Waals surface area contributed by atoms with Crippen LogP contribution in [0.15, 0.2) is 30.7 Å². The van der Waals surface area contributed by atoms with Gasteiger partial charge in [-0.15, -0.1) is 0 Å². The molecule has 2 N–H and O–H groups in total. The minimum absolute atomic E-state index is 0.195. The molecule has 0 saturated carbocycles. The van der Waals surface area contributed by atoms with Gasteiger partial charge in [-0.2, -0.15) is 0 Å². The van der Waals surface area contributed by atoms with Crippen LogP contribution in [0.25, 0.3) is 0 Å². The van der Waals surface area contributed by atoms with Gasteiger partial charge in [-0.1, -0.05) is 0 Å². The first-order valence-corrected chi connectivity index (χ1v) is 8.43. The Bertz CT molecular complexity index is 767. The van der Waals surface area contributed by atoms with Crippen molar-refractivity contribution in [3.63, 3.8) is 0 Å². The minimum atomic E-state index is -0.983. The smallest absolute Gasteiger partial charge is 0.253 e. The monoisotopic (exact) mass is 341 g/mol. The first-order valence-electron chi connectivity index (χ1n) is 8.43. The van der Waals surface area contributed by atoms with Gasteiger partial charge in [0.05, 0.1) is 11.2 Å². The summed E-state index contributed by atoms with van der Waals surface area (Å²) in [5.74, 6) is 0.592. The summed E-state index contributed by atoms with van der Waals surface area (Å²) in [4.78, 5) is 26.9. The second kappa shape index (κ2) is 7.14. The lowest BCUT2D eigenvalue weighted by Gasteiger charge is -2.39. The molecule has 7 heteroatoms. The number of rotatable bonds is 4. The molecule has 2 aromatic heterocycles. The average molecular weight is 341 g/mol. The quantitative estimate of drug-likeness (QED) is 0.870. The highest BCUT2D eigenvalue weighted by Gasteiger charge is 2.34. The zero-order valence-corrected chi connectivity index (χ0v) is 14.6. The van der Waals surface area contributed by atoms with E-state index in [0.29, 0.717) is 24.2 Å². The molecule has 0 radical (unpaired) electrons. The predicted octanol–water partition coefficient (Wildman–Crippen LogP) is 1.25. The lowest BCUT2D eigenvalue weighted by molar-refractivity contribution is 0.0254. The van der Waals surface area contributed by atoms with Crippen molar-refractivity contribution in [3.8, 4) is 0 Å². The number of hydrogen-bond donors (Lipinski definition) is 2. The summed E-state index contributed by atoms with van der Waals surface area (Å²) >= 11 is 0. The molecule has 1 aliphatic heterocycles. The molecule has 1 fully saturated rings. The van der Waals surface area contributed by atoms with E-state index >= 15 is 0 Å². The maximum atomic E-state index is 12.4. The molecule has 1 atom stereocenters. The van der Waals surface area contributed by atoms with Crippen LogP contribution in [0.4, 0.5) is 5.82 Å². The molecule has 0 spiro atoms. The highest BCUT2D eigenvalue weighted by Crippen LogP contribution is 2.24. The Labute approximate surface area is 147 Å². The number of carbonyl (C=O) groups excluding carboxylic acids is 1. The fourth-order valence-electron chi connectivity index (χ4n) is 3.13. The van der Waals surface area contributed by atoms with E-state index in [2.05, 4.69) is 20.3 Å². The number of nitrogens with zero attached hydrogens (tertiary/aromatic N) is 4. The van der Waals surface area contributed by atoms with Crippen LogP contribution in [0.2, 0.25) is 0 Å². The maximum Gasteiger partial charge on any atom is 0.253 e. The van der Waals surface area contributed by atoms with E-state index in [4.69, 9.17) is 0 Å². The molecule has 1 amide bonds. The molecule has 0 bridgehead atoms. The second-order valence-corrected chi connectivity index (χ2v) is 6.59. The Kier molecular flexibility index (Phi) is 4.94. The molecule has 132 valence electrons. The number of aryl methyl sites for hydroxylation is 2. The summed E-state index contributed by atoms with van der Waals surface area (Å²) < 4.78 is 0. The van der Waals surface area contributed by atoms with Gasteiger partial charge in [-0.05, 0) is 38.8 Å². The van der Waals surface area contributed by atoms with Gasteiger partial charge in [0.15, 0.2) is 0 Å². The third kappa shape index (κ3) is 4.11. The van der Waals surface area contributed by atoms with Crippen LogP contribution < -0.4 is 10.2 Å². The van der Waals surface area contributed by atoms with Crippen LogP contribution >= 0.6 is 0 Å². The number of pyridine rings is 1. The summed E-state index contributed by atoms with van der Waals surface area (Å²) in [5, 5.41) is 13.8. The van der Waals surface area contributed by atoms with Gasteiger partial charge in [-0.3, -0.25) is 9.78 Å². The zero-order valence-electron chi connectivity index (χ0n) is 14.6. The van der Waals surface area contributed by atoms with Crippen LogP contribution in [-0.2, 0) is 0 Å². The average Bonchev–Trinajstić information content (AvgIpc) is 2.60. The largest absolute Gasteiger partial charge is 0.386 e. The van der Waals surface area contributed by atoms with E-state index < -0.39 is 5.60 Å². The van der Waals surface area contributed by atoms with Gasteiger partial charge in [0, 0.05) is 43.3 Å². The number of amides is 1. The molecule has 3 heterocycles. The zero-order chi connectivity index (χ0) is 17.9. The van der Waals surface area contributed by atoms with Crippen molar-refractivity contribution >= 4 is 11.7 Å². The number of anilines is 1. The van der Waals surface area contributed by atoms with E-state index in [0.717, 1.165) is 24.5 Å². The van der Waals surface area contributed by atoms with Crippen LogP contribution in [0.5, 0.6) is 0 Å². The SMILES string of the molecule is Cc1cc(N2CCC[C@@](O)(CNC(=O)c3cccnc3C)C2)ncn1. The highest BCUT2D eigenvalue weighted by molar-refractivity contribution is 5.95. The van der Waals surface area contributed by atoms with Crippen LogP contribution in [0, 0.1) is 13.8 Å². The summed E-state index contributed by atoms with van der Waals surface area (Å²) in [6.45, 7) is 5.16. The lowest BCUT2D eigenvalue weighted by atomic mass is 9.92. The van der Waals surface area contributed by atoms with Crippen molar-refractivity contribution in [1.82, 2.24) is 20.3 Å². The molecule has 7 nitrogen and oxygen atoms in total. The van der Waals surface area contributed by atoms with Crippen molar-refractivity contribution in [2.75, 3.05) is 24.5 Å². The van der Waals surface area contributed by atoms with Gasteiger partial charge in [0.2, 0.25) is 0 Å². The van der Waals surface area contributed by atoms with E-state index in [1.165, 1.54) is 6.33 Å². The molecule has 1 saturated heterocycles. The summed E-state index contributed by atoms with van der Waals surface area (Å²) in [7, 11) is 0. The van der Waals surface area contributed by atoms with E-state index in [-0.39, 0.29) is 12.5 Å². The lowest BCUT2D eigenvalue weighted by Crippen LogP contribution is -2.54. The molecule has 25 heavy (non-hydrogen) atoms. The molecule has 0 aliphatic carbocycles. The summed E-state index contributed by atoms with van der Waals surface area (Å²) in [6, 6.07) is 5.37. The number of piperidine rings is 1. The standard InChI is InChI=1S/C18H23N5O2/c1-13-9-16(22-12-21-13)23-8-4-6-18(25,11-23)10-20-17(24)15-5-3-7-19-14(15)2/h3,5,7,9,12,25H,4,6,8,10-11H2,1-2H3,(H,20,24)/t18-/m1/s1. The number of carbonyl (C=O) groups is 1. The fraction of sp³-hybridized carbons (Fsp3) is 0.444. The van der Waals surface area contributed by atoms with Crippen LogP contribution in [0.3, 0.4) is 0 Å². The van der Waals surface area contributed by atoms with Gasteiger partial charge < -0.3 is 15.3 Å². The van der Waals surface area contributed by atoms with Gasteiger partial charge >= 0.3 is 0 Å². The molecule has 1 aliphatic rings. The van der Waals surface area contributed by atoms with Crippen LogP contribution in [-0.4, -0.2) is 51.2 Å². The molecular weight excluding hydrogens is 318 g/mol. The highest BCUT2D eigenvalue weighted by atomic mass is 16.3. The minimum Gasteiger partial charge on any atom is -0.386 e. The van der Waals surface area contributed by atoms with Crippen molar-refractivity contribution < 1.29 is 9.90 Å². The third-order valence-electron chi connectivity index (χ3n) is 4.50. The summed E-state index contributed by atoms with van der Waals surface area (Å²) in [6.07, 6.45) is 4.66. The predicted molar refractivity (Wildman–Crippen MR) is 94.5 cm³/mol. The Morgan fingerprint density at radius 2 is 2.20 bits per heavy atom. The van der Waals surface area contributed by atoms with E-state index in [1.54, 1.807) is 25.3 Å². The Balaban J connectivity index is 1.65. The van der Waals surface area contributed by atoms with Gasteiger partial charge in [0.1, 0.15) is 12.1 Å². The topological polar surface area (TPSA) is 91.2 Å².